The first kappa shape index (κ1) is 8.02. The molecule has 0 N–H and O–H groups in total. The number of nitrogens with zero attached hydrogens (tertiary/aromatic N) is 1. The predicted molar refractivity (Wildman–Crippen MR) is 40.6 cm³/mol. The van der Waals surface area contributed by atoms with E-state index in [1.165, 1.54) is 6.20 Å². The van der Waals surface area contributed by atoms with Crippen molar-refractivity contribution < 1.29 is 9.36 Å². The highest BCUT2D eigenvalue weighted by atomic mass is 31.1. The first-order valence-corrected chi connectivity index (χ1v) is 3.94. The van der Waals surface area contributed by atoms with E-state index in [0.29, 0.717) is 11.8 Å². The molecular formula is C7H6NO2P. The third kappa shape index (κ3) is 1.92. The molecule has 1 rings (SSSR count). The van der Waals surface area contributed by atoms with Gasteiger partial charge in [0.15, 0.2) is 8.46 Å². The number of aldehydes is 1. The van der Waals surface area contributed by atoms with E-state index in [0.717, 1.165) is 0 Å². The topological polar surface area (TPSA) is 47.0 Å². The maximum Gasteiger partial charge on any atom is 0.171 e. The second-order valence-corrected chi connectivity index (χ2v) is 2.74. The maximum absolute atomic E-state index is 10.4. The molecule has 11 heavy (non-hydrogen) atoms. The molecule has 1 aromatic rings. The Labute approximate surface area is 65.7 Å². The Morgan fingerprint density at radius 3 is 2.91 bits per heavy atom. The van der Waals surface area contributed by atoms with Crippen molar-refractivity contribution >= 4 is 14.7 Å². The molecule has 0 aliphatic heterocycles. The van der Waals surface area contributed by atoms with Gasteiger partial charge in [-0.2, -0.15) is 0 Å². The van der Waals surface area contributed by atoms with Gasteiger partial charge in [-0.15, -0.1) is 0 Å². The number of hydrogen-bond donors (Lipinski definition) is 0. The zero-order valence-corrected chi connectivity index (χ0v) is 6.57. The molecule has 1 atom stereocenters. The molecule has 0 fully saturated rings. The summed E-state index contributed by atoms with van der Waals surface area (Å²) in [6.45, 7) is 0. The van der Waals surface area contributed by atoms with Gasteiger partial charge >= 0.3 is 0 Å². The van der Waals surface area contributed by atoms with Crippen molar-refractivity contribution in [2.45, 2.75) is 5.66 Å². The molecule has 0 amide bonds. The molecule has 0 radical (unpaired) electrons. The molecule has 56 valence electrons. The molecule has 0 saturated carbocycles. The number of hydrogen-bond acceptors (Lipinski definition) is 3. The van der Waals surface area contributed by atoms with E-state index >= 15 is 0 Å². The Bertz CT molecular complexity index is 242. The lowest BCUT2D eigenvalue weighted by Gasteiger charge is -1.97. The number of pyridine rings is 1. The van der Waals surface area contributed by atoms with Crippen molar-refractivity contribution in [2.75, 3.05) is 0 Å². The average molecular weight is 167 g/mol. The van der Waals surface area contributed by atoms with Crippen LogP contribution in [0.1, 0.15) is 11.2 Å². The molecule has 0 aromatic carbocycles. The van der Waals surface area contributed by atoms with E-state index in [2.05, 4.69) is 4.98 Å². The van der Waals surface area contributed by atoms with Gasteiger partial charge in [0, 0.05) is 12.4 Å². The average Bonchev–Trinajstić information content (AvgIpc) is 2.09. The van der Waals surface area contributed by atoms with Crippen LogP contribution in [0.25, 0.3) is 0 Å². The Morgan fingerprint density at radius 2 is 2.45 bits per heavy atom. The van der Waals surface area contributed by atoms with E-state index in [9.17, 15) is 9.36 Å². The van der Waals surface area contributed by atoms with Crippen LogP contribution in [0, 0.1) is 0 Å². The highest BCUT2D eigenvalue weighted by molar-refractivity contribution is 7.25. The summed E-state index contributed by atoms with van der Waals surface area (Å²) in [5.41, 5.74) is 0.114. The minimum atomic E-state index is -0.566. The standard InChI is InChI=1S/C7H6NO2P/c9-5-7(11-10)6-2-1-3-8-4-6/h1-5,7H. The van der Waals surface area contributed by atoms with Gasteiger partial charge in [0.05, 0.1) is 0 Å². The van der Waals surface area contributed by atoms with Gasteiger partial charge in [0.2, 0.25) is 0 Å². The lowest BCUT2D eigenvalue weighted by atomic mass is 10.2. The van der Waals surface area contributed by atoms with E-state index in [1.807, 2.05) is 0 Å². The van der Waals surface area contributed by atoms with Crippen molar-refractivity contribution in [1.82, 2.24) is 4.98 Å². The normalized spacial score (nSPS) is 12.7. The summed E-state index contributed by atoms with van der Waals surface area (Å²) in [5.74, 6) is 0. The van der Waals surface area contributed by atoms with Crippen LogP contribution < -0.4 is 0 Å². The van der Waals surface area contributed by atoms with Crippen LogP contribution >= 0.6 is 8.46 Å². The van der Waals surface area contributed by atoms with Gasteiger partial charge < -0.3 is 4.79 Å². The molecule has 1 heterocycles. The van der Waals surface area contributed by atoms with Gasteiger partial charge in [-0.05, 0) is 11.6 Å². The molecule has 0 aliphatic carbocycles. The van der Waals surface area contributed by atoms with Crippen LogP contribution in [0.4, 0.5) is 0 Å². The minimum Gasteiger partial charge on any atom is -0.302 e. The van der Waals surface area contributed by atoms with Crippen molar-refractivity contribution in [1.29, 1.82) is 0 Å². The van der Waals surface area contributed by atoms with Crippen LogP contribution in [0.5, 0.6) is 0 Å². The van der Waals surface area contributed by atoms with E-state index in [1.54, 1.807) is 18.3 Å². The number of carbonyl (C=O) groups is 1. The van der Waals surface area contributed by atoms with Crippen molar-refractivity contribution in [2.24, 2.45) is 0 Å². The summed E-state index contributed by atoms with van der Waals surface area (Å²) in [6.07, 6.45) is 3.78. The van der Waals surface area contributed by atoms with E-state index < -0.39 is 5.66 Å². The maximum atomic E-state index is 10.4. The summed E-state index contributed by atoms with van der Waals surface area (Å²) >= 11 is 0. The zero-order valence-electron chi connectivity index (χ0n) is 5.68. The van der Waals surface area contributed by atoms with Gasteiger partial charge in [0.1, 0.15) is 11.9 Å². The summed E-state index contributed by atoms with van der Waals surface area (Å²) in [5, 5.41) is 0. The van der Waals surface area contributed by atoms with Crippen LogP contribution in [-0.2, 0) is 9.36 Å². The molecule has 0 bridgehead atoms. The first-order chi connectivity index (χ1) is 5.38. The van der Waals surface area contributed by atoms with Crippen LogP contribution in [-0.4, -0.2) is 11.3 Å². The molecule has 1 unspecified atom stereocenters. The quantitative estimate of drug-likeness (QED) is 0.507. The fraction of sp³-hybridized carbons (Fsp3) is 0.143. The van der Waals surface area contributed by atoms with Gasteiger partial charge in [0.25, 0.3) is 0 Å². The summed E-state index contributed by atoms with van der Waals surface area (Å²) in [4.78, 5) is 14.1. The second kappa shape index (κ2) is 3.94. The SMILES string of the molecule is O=CC(P=O)c1cccnc1. The Morgan fingerprint density at radius 1 is 1.64 bits per heavy atom. The molecule has 4 heteroatoms. The van der Waals surface area contributed by atoms with Gasteiger partial charge in [-0.1, -0.05) is 6.07 Å². The molecule has 0 aliphatic rings. The molecule has 1 aromatic heterocycles. The molecule has 3 nitrogen and oxygen atoms in total. The highest BCUT2D eigenvalue weighted by Crippen LogP contribution is 2.22. The Kier molecular flexibility index (Phi) is 2.87. The molecular weight excluding hydrogens is 161 g/mol. The van der Waals surface area contributed by atoms with E-state index in [-0.39, 0.29) is 8.46 Å². The van der Waals surface area contributed by atoms with Crippen LogP contribution in [0.3, 0.4) is 0 Å². The fourth-order valence-electron chi connectivity index (χ4n) is 0.715. The van der Waals surface area contributed by atoms with Gasteiger partial charge in [-0.25, -0.2) is 0 Å². The largest absolute Gasteiger partial charge is 0.302 e. The van der Waals surface area contributed by atoms with Crippen LogP contribution in [0.2, 0.25) is 0 Å². The zero-order chi connectivity index (χ0) is 8.10. The third-order valence-corrected chi connectivity index (χ3v) is 1.92. The van der Waals surface area contributed by atoms with E-state index in [4.69, 9.17) is 0 Å². The number of rotatable bonds is 3. The van der Waals surface area contributed by atoms with Crippen LogP contribution in [0.15, 0.2) is 24.5 Å². The molecule has 0 saturated heterocycles. The number of carbonyl (C=O) groups excluding carboxylic acids is 1. The van der Waals surface area contributed by atoms with Gasteiger partial charge in [-0.3, -0.25) is 9.55 Å². The fourth-order valence-corrected chi connectivity index (χ4v) is 1.04. The molecule has 0 spiro atoms. The monoisotopic (exact) mass is 167 g/mol. The summed E-state index contributed by atoms with van der Waals surface area (Å²) in [7, 11) is -0.183. The highest BCUT2D eigenvalue weighted by Gasteiger charge is 2.08. The lowest BCUT2D eigenvalue weighted by Crippen LogP contribution is -1.90. The predicted octanol–water partition coefficient (Wildman–Crippen LogP) is 1.61. The smallest absolute Gasteiger partial charge is 0.171 e. The Hall–Kier alpha value is -1.08. The first-order valence-electron chi connectivity index (χ1n) is 3.06. The lowest BCUT2D eigenvalue weighted by molar-refractivity contribution is -0.107. The van der Waals surface area contributed by atoms with Crippen molar-refractivity contribution in [3.63, 3.8) is 0 Å². The number of aromatic nitrogens is 1. The Balaban J connectivity index is 2.90. The second-order valence-electron chi connectivity index (χ2n) is 1.97. The minimum absolute atomic E-state index is 0.183. The summed E-state index contributed by atoms with van der Waals surface area (Å²) < 4.78 is 10.4. The van der Waals surface area contributed by atoms with Crippen molar-refractivity contribution in [3.8, 4) is 0 Å². The summed E-state index contributed by atoms with van der Waals surface area (Å²) in [6, 6.07) is 3.42. The van der Waals surface area contributed by atoms with Crippen molar-refractivity contribution in [3.05, 3.63) is 30.1 Å². The third-order valence-electron chi connectivity index (χ3n) is 1.27.